The SMILES string of the molecule is O=CC1C=c2cncnc2=N1. The van der Waals surface area contributed by atoms with Crippen molar-refractivity contribution in [1.29, 1.82) is 0 Å². The summed E-state index contributed by atoms with van der Waals surface area (Å²) in [4.78, 5) is 22.0. The Labute approximate surface area is 62.3 Å². The maximum atomic E-state index is 10.3. The van der Waals surface area contributed by atoms with E-state index in [-0.39, 0.29) is 6.04 Å². The van der Waals surface area contributed by atoms with Gasteiger partial charge in [-0.05, 0) is 6.08 Å². The van der Waals surface area contributed by atoms with Gasteiger partial charge in [-0.1, -0.05) is 0 Å². The highest BCUT2D eigenvalue weighted by atomic mass is 16.1. The Kier molecular flexibility index (Phi) is 1.25. The zero-order chi connectivity index (χ0) is 7.68. The van der Waals surface area contributed by atoms with Crippen LogP contribution in [0, 0.1) is 0 Å². The molecule has 1 aromatic rings. The lowest BCUT2D eigenvalue weighted by atomic mass is 10.3. The van der Waals surface area contributed by atoms with Gasteiger partial charge in [0, 0.05) is 11.4 Å². The first-order valence-corrected chi connectivity index (χ1v) is 3.21. The lowest BCUT2D eigenvalue weighted by Crippen LogP contribution is -2.24. The molecule has 1 aliphatic heterocycles. The number of fused-ring (bicyclic) bond motifs is 1. The third kappa shape index (κ3) is 0.920. The number of hydrogen-bond acceptors (Lipinski definition) is 4. The molecule has 1 aliphatic rings. The second-order valence-corrected chi connectivity index (χ2v) is 2.22. The van der Waals surface area contributed by atoms with Crippen LogP contribution in [0.5, 0.6) is 0 Å². The number of aldehydes is 1. The predicted octanol–water partition coefficient (Wildman–Crippen LogP) is -1.54. The Morgan fingerprint density at radius 2 is 2.45 bits per heavy atom. The van der Waals surface area contributed by atoms with Crippen molar-refractivity contribution in [3.8, 4) is 0 Å². The average Bonchev–Trinajstić information content (AvgIpc) is 2.46. The minimum atomic E-state index is -0.360. The summed E-state index contributed by atoms with van der Waals surface area (Å²) in [6, 6.07) is -0.360. The van der Waals surface area contributed by atoms with Gasteiger partial charge in [-0.15, -0.1) is 0 Å². The van der Waals surface area contributed by atoms with Gasteiger partial charge in [-0.3, -0.25) is 4.99 Å². The van der Waals surface area contributed by atoms with Crippen LogP contribution in [-0.4, -0.2) is 22.3 Å². The monoisotopic (exact) mass is 147 g/mol. The molecule has 1 aromatic heterocycles. The van der Waals surface area contributed by atoms with Crippen LogP contribution in [0.1, 0.15) is 0 Å². The summed E-state index contributed by atoms with van der Waals surface area (Å²) in [5.74, 6) is 0. The number of rotatable bonds is 1. The van der Waals surface area contributed by atoms with Gasteiger partial charge < -0.3 is 4.79 Å². The van der Waals surface area contributed by atoms with Crippen LogP contribution in [0.2, 0.25) is 0 Å². The quantitative estimate of drug-likeness (QED) is 0.452. The van der Waals surface area contributed by atoms with E-state index in [1.165, 1.54) is 6.33 Å². The molecular formula is C7H5N3O. The van der Waals surface area contributed by atoms with Crippen LogP contribution in [0.25, 0.3) is 6.08 Å². The van der Waals surface area contributed by atoms with E-state index in [4.69, 9.17) is 0 Å². The van der Waals surface area contributed by atoms with Gasteiger partial charge in [0.2, 0.25) is 0 Å². The predicted molar refractivity (Wildman–Crippen MR) is 37.1 cm³/mol. The smallest absolute Gasteiger partial charge is 0.158 e. The maximum Gasteiger partial charge on any atom is 0.158 e. The van der Waals surface area contributed by atoms with Crippen molar-refractivity contribution in [3.63, 3.8) is 0 Å². The lowest BCUT2D eigenvalue weighted by molar-refractivity contribution is -0.107. The molecule has 0 bridgehead atoms. The molecule has 4 nitrogen and oxygen atoms in total. The van der Waals surface area contributed by atoms with E-state index in [2.05, 4.69) is 15.0 Å². The fourth-order valence-corrected chi connectivity index (χ4v) is 0.992. The number of aromatic nitrogens is 2. The molecule has 0 aliphatic carbocycles. The van der Waals surface area contributed by atoms with E-state index in [1.807, 2.05) is 0 Å². The highest BCUT2D eigenvalue weighted by Gasteiger charge is 2.06. The van der Waals surface area contributed by atoms with Crippen molar-refractivity contribution in [2.75, 3.05) is 0 Å². The fourth-order valence-electron chi connectivity index (χ4n) is 0.992. The Hall–Kier alpha value is -1.58. The minimum absolute atomic E-state index is 0.360. The van der Waals surface area contributed by atoms with Crippen molar-refractivity contribution < 1.29 is 4.79 Å². The molecule has 0 saturated carbocycles. The molecular weight excluding hydrogens is 142 g/mol. The molecule has 2 heterocycles. The number of carbonyl (C=O) groups excluding carboxylic acids is 1. The van der Waals surface area contributed by atoms with Crippen LogP contribution in [0.4, 0.5) is 0 Å². The number of hydrogen-bond donors (Lipinski definition) is 0. The zero-order valence-electron chi connectivity index (χ0n) is 5.64. The fraction of sp³-hybridized carbons (Fsp3) is 0.143. The van der Waals surface area contributed by atoms with Crippen LogP contribution in [-0.2, 0) is 4.79 Å². The van der Waals surface area contributed by atoms with Gasteiger partial charge in [-0.25, -0.2) is 9.97 Å². The van der Waals surface area contributed by atoms with E-state index in [0.717, 1.165) is 11.5 Å². The van der Waals surface area contributed by atoms with Gasteiger partial charge in [0.1, 0.15) is 18.7 Å². The molecule has 2 rings (SSSR count). The van der Waals surface area contributed by atoms with E-state index in [9.17, 15) is 4.79 Å². The summed E-state index contributed by atoms with van der Waals surface area (Å²) in [5.41, 5.74) is 0.608. The molecule has 0 aromatic carbocycles. The summed E-state index contributed by atoms with van der Waals surface area (Å²) >= 11 is 0. The summed E-state index contributed by atoms with van der Waals surface area (Å²) < 4.78 is 0. The third-order valence-corrected chi connectivity index (χ3v) is 1.48. The summed E-state index contributed by atoms with van der Waals surface area (Å²) in [5, 5.41) is 0.838. The molecule has 0 N–H and O–H groups in total. The van der Waals surface area contributed by atoms with E-state index in [0.29, 0.717) is 5.49 Å². The number of nitrogens with zero attached hydrogens (tertiary/aromatic N) is 3. The normalized spacial score (nSPS) is 19.8. The molecule has 1 unspecified atom stereocenters. The first-order chi connectivity index (χ1) is 5.40. The van der Waals surface area contributed by atoms with Crippen molar-refractivity contribution in [3.05, 3.63) is 23.2 Å². The Morgan fingerprint density at radius 3 is 3.18 bits per heavy atom. The molecule has 11 heavy (non-hydrogen) atoms. The highest BCUT2D eigenvalue weighted by Crippen LogP contribution is 1.88. The first kappa shape index (κ1) is 6.15. The van der Waals surface area contributed by atoms with Gasteiger partial charge >= 0.3 is 0 Å². The van der Waals surface area contributed by atoms with E-state index >= 15 is 0 Å². The topological polar surface area (TPSA) is 55.2 Å². The van der Waals surface area contributed by atoms with Crippen molar-refractivity contribution in [2.24, 2.45) is 4.99 Å². The van der Waals surface area contributed by atoms with Crippen LogP contribution >= 0.6 is 0 Å². The maximum absolute atomic E-state index is 10.3. The molecule has 1 atom stereocenters. The molecule has 0 radical (unpaired) electrons. The Morgan fingerprint density at radius 1 is 1.55 bits per heavy atom. The third-order valence-electron chi connectivity index (χ3n) is 1.48. The average molecular weight is 147 g/mol. The van der Waals surface area contributed by atoms with Crippen LogP contribution in [0.3, 0.4) is 0 Å². The zero-order valence-corrected chi connectivity index (χ0v) is 5.64. The molecule has 0 spiro atoms. The standard InChI is InChI=1S/C7H5N3O/c11-3-6-1-5-2-8-4-9-7(5)10-6/h1-4,6H. The Bertz CT molecular complexity index is 363. The van der Waals surface area contributed by atoms with Crippen LogP contribution < -0.4 is 10.7 Å². The molecule has 0 amide bonds. The summed E-state index contributed by atoms with van der Waals surface area (Å²) in [7, 11) is 0. The van der Waals surface area contributed by atoms with Crippen molar-refractivity contribution in [1.82, 2.24) is 9.97 Å². The second-order valence-electron chi connectivity index (χ2n) is 2.22. The largest absolute Gasteiger partial charge is 0.301 e. The van der Waals surface area contributed by atoms with Gasteiger partial charge in [0.25, 0.3) is 0 Å². The first-order valence-electron chi connectivity index (χ1n) is 3.21. The minimum Gasteiger partial charge on any atom is -0.301 e. The van der Waals surface area contributed by atoms with Crippen molar-refractivity contribution in [2.45, 2.75) is 6.04 Å². The Balaban J connectivity index is 2.70. The summed E-state index contributed by atoms with van der Waals surface area (Å²) in [6.45, 7) is 0. The lowest BCUT2D eigenvalue weighted by Gasteiger charge is -1.84. The molecule has 0 saturated heterocycles. The second kappa shape index (κ2) is 2.23. The van der Waals surface area contributed by atoms with Gasteiger partial charge in [0.05, 0.1) is 0 Å². The molecule has 4 heteroatoms. The number of carbonyl (C=O) groups is 1. The van der Waals surface area contributed by atoms with Crippen LogP contribution in [0.15, 0.2) is 17.5 Å². The molecule has 54 valence electrons. The van der Waals surface area contributed by atoms with E-state index < -0.39 is 0 Å². The molecule has 0 fully saturated rings. The van der Waals surface area contributed by atoms with Crippen molar-refractivity contribution >= 4 is 12.4 Å². The highest BCUT2D eigenvalue weighted by molar-refractivity contribution is 5.69. The summed E-state index contributed by atoms with van der Waals surface area (Å²) in [6.07, 6.45) is 5.59. The van der Waals surface area contributed by atoms with Gasteiger partial charge in [-0.2, -0.15) is 0 Å². The van der Waals surface area contributed by atoms with E-state index in [1.54, 1.807) is 12.3 Å². The van der Waals surface area contributed by atoms with Gasteiger partial charge in [0.15, 0.2) is 5.49 Å².